The zero-order valence-corrected chi connectivity index (χ0v) is 12.3. The van der Waals surface area contributed by atoms with Crippen molar-refractivity contribution in [1.29, 1.82) is 0 Å². The molecule has 104 valence electrons. The zero-order valence-electron chi connectivity index (χ0n) is 10.7. The smallest absolute Gasteiger partial charge is 0.249 e. The number of primary amides is 1. The van der Waals surface area contributed by atoms with E-state index < -0.39 is 5.91 Å². The molecular formula is C14H13ClN2O2S. The number of hydrogen-bond acceptors (Lipinski definition) is 4. The molecule has 0 bridgehead atoms. The van der Waals surface area contributed by atoms with Gasteiger partial charge in [-0.1, -0.05) is 23.4 Å². The summed E-state index contributed by atoms with van der Waals surface area (Å²) < 4.78 is 5.09. The molecule has 0 spiro atoms. The lowest BCUT2D eigenvalue weighted by molar-refractivity contribution is 0.0997. The van der Waals surface area contributed by atoms with Crippen LogP contribution in [0.2, 0.25) is 5.02 Å². The highest BCUT2D eigenvalue weighted by Crippen LogP contribution is 2.37. The van der Waals surface area contributed by atoms with Crippen molar-refractivity contribution < 1.29 is 9.53 Å². The summed E-state index contributed by atoms with van der Waals surface area (Å²) in [5, 5.41) is 0.402. The van der Waals surface area contributed by atoms with Crippen LogP contribution in [0.1, 0.15) is 10.4 Å². The van der Waals surface area contributed by atoms with Crippen LogP contribution in [0.5, 0.6) is 5.75 Å². The van der Waals surface area contributed by atoms with Crippen molar-refractivity contribution in [1.82, 2.24) is 0 Å². The fraction of sp³-hybridized carbons (Fsp3) is 0.0714. The van der Waals surface area contributed by atoms with Crippen molar-refractivity contribution in [2.45, 2.75) is 9.79 Å². The van der Waals surface area contributed by atoms with Gasteiger partial charge in [-0.3, -0.25) is 4.79 Å². The van der Waals surface area contributed by atoms with Gasteiger partial charge in [-0.2, -0.15) is 0 Å². The summed E-state index contributed by atoms with van der Waals surface area (Å²) in [6.45, 7) is 0. The molecule has 0 heterocycles. The number of nitrogens with two attached hydrogens (primary N) is 2. The van der Waals surface area contributed by atoms with E-state index >= 15 is 0 Å². The van der Waals surface area contributed by atoms with Crippen LogP contribution < -0.4 is 16.2 Å². The summed E-state index contributed by atoms with van der Waals surface area (Å²) in [5.74, 6) is 0.197. The molecule has 2 aromatic carbocycles. The number of benzene rings is 2. The van der Waals surface area contributed by atoms with Gasteiger partial charge in [0.15, 0.2) is 0 Å². The number of ether oxygens (including phenoxy) is 1. The minimum absolute atomic E-state index is 0.316. The highest BCUT2D eigenvalue weighted by molar-refractivity contribution is 7.99. The molecule has 0 unspecified atom stereocenters. The quantitative estimate of drug-likeness (QED) is 0.850. The van der Waals surface area contributed by atoms with Gasteiger partial charge in [0.1, 0.15) is 5.75 Å². The zero-order chi connectivity index (χ0) is 14.7. The van der Waals surface area contributed by atoms with E-state index in [0.29, 0.717) is 21.2 Å². The van der Waals surface area contributed by atoms with Gasteiger partial charge in [0, 0.05) is 15.5 Å². The Hall–Kier alpha value is -1.85. The van der Waals surface area contributed by atoms with Gasteiger partial charge in [-0.05, 0) is 36.4 Å². The molecule has 0 saturated heterocycles. The maximum atomic E-state index is 11.5. The van der Waals surface area contributed by atoms with Crippen molar-refractivity contribution in [2.75, 3.05) is 12.8 Å². The van der Waals surface area contributed by atoms with Gasteiger partial charge in [0.05, 0.1) is 17.7 Å². The number of amides is 1. The first kappa shape index (κ1) is 14.6. The highest BCUT2D eigenvalue weighted by Gasteiger charge is 2.14. The van der Waals surface area contributed by atoms with Crippen LogP contribution in [0.4, 0.5) is 5.69 Å². The first-order valence-electron chi connectivity index (χ1n) is 5.72. The van der Waals surface area contributed by atoms with E-state index in [9.17, 15) is 4.79 Å². The number of carbonyl (C=O) groups excluding carboxylic acids is 1. The molecule has 1 amide bonds. The summed E-state index contributed by atoms with van der Waals surface area (Å²) in [4.78, 5) is 13.0. The molecule has 4 nitrogen and oxygen atoms in total. The van der Waals surface area contributed by atoms with Crippen LogP contribution in [-0.4, -0.2) is 13.0 Å². The molecule has 0 aliphatic heterocycles. The largest absolute Gasteiger partial charge is 0.497 e. The van der Waals surface area contributed by atoms with Gasteiger partial charge in [-0.15, -0.1) is 0 Å². The number of hydrogen-bond donors (Lipinski definition) is 2. The molecule has 0 fully saturated rings. The Kier molecular flexibility index (Phi) is 4.42. The van der Waals surface area contributed by atoms with E-state index in [1.54, 1.807) is 13.2 Å². The maximum absolute atomic E-state index is 11.5. The van der Waals surface area contributed by atoms with Crippen LogP contribution in [0.15, 0.2) is 46.2 Å². The van der Waals surface area contributed by atoms with E-state index in [1.165, 1.54) is 17.8 Å². The predicted molar refractivity (Wildman–Crippen MR) is 81.5 cm³/mol. The molecule has 2 rings (SSSR count). The second-order valence-corrected chi connectivity index (χ2v) is 5.51. The van der Waals surface area contributed by atoms with Crippen molar-refractivity contribution in [3.05, 3.63) is 47.0 Å². The Bertz CT molecular complexity index is 644. The molecule has 0 aliphatic carbocycles. The molecule has 0 saturated carbocycles. The van der Waals surface area contributed by atoms with Crippen LogP contribution in [0.3, 0.4) is 0 Å². The monoisotopic (exact) mass is 308 g/mol. The second kappa shape index (κ2) is 6.07. The number of carbonyl (C=O) groups is 1. The molecule has 6 heteroatoms. The van der Waals surface area contributed by atoms with Crippen LogP contribution in [0.25, 0.3) is 0 Å². The summed E-state index contributed by atoms with van der Waals surface area (Å²) in [6.07, 6.45) is 0. The minimum atomic E-state index is -0.560. The first-order chi connectivity index (χ1) is 9.51. The van der Waals surface area contributed by atoms with E-state index in [4.69, 9.17) is 27.8 Å². The SMILES string of the molecule is COc1ccc(Sc2c(Cl)cc(N)cc2C(N)=O)cc1. The Morgan fingerprint density at radius 1 is 1.25 bits per heavy atom. The van der Waals surface area contributed by atoms with Crippen LogP contribution in [-0.2, 0) is 0 Å². The number of rotatable bonds is 4. The Labute approximate surface area is 126 Å². The molecule has 0 aliphatic rings. The minimum Gasteiger partial charge on any atom is -0.497 e. The molecular weight excluding hydrogens is 296 g/mol. The average molecular weight is 309 g/mol. The Morgan fingerprint density at radius 2 is 1.90 bits per heavy atom. The highest BCUT2D eigenvalue weighted by atomic mass is 35.5. The van der Waals surface area contributed by atoms with Gasteiger partial charge in [0.2, 0.25) is 5.91 Å². The number of methoxy groups -OCH3 is 1. The third kappa shape index (κ3) is 3.18. The Morgan fingerprint density at radius 3 is 2.45 bits per heavy atom. The lowest BCUT2D eigenvalue weighted by Gasteiger charge is -2.10. The van der Waals surface area contributed by atoms with Gasteiger partial charge < -0.3 is 16.2 Å². The van der Waals surface area contributed by atoms with Gasteiger partial charge in [0.25, 0.3) is 0 Å². The molecule has 4 N–H and O–H groups in total. The average Bonchev–Trinajstić information content (AvgIpc) is 2.42. The summed E-state index contributed by atoms with van der Waals surface area (Å²) >= 11 is 7.51. The third-order valence-electron chi connectivity index (χ3n) is 2.61. The number of anilines is 1. The molecule has 0 aromatic heterocycles. The van der Waals surface area contributed by atoms with Gasteiger partial charge >= 0.3 is 0 Å². The van der Waals surface area contributed by atoms with Gasteiger partial charge in [-0.25, -0.2) is 0 Å². The van der Waals surface area contributed by atoms with E-state index in [1.807, 2.05) is 24.3 Å². The van der Waals surface area contributed by atoms with Crippen LogP contribution in [0, 0.1) is 0 Å². The van der Waals surface area contributed by atoms with E-state index in [0.717, 1.165) is 10.6 Å². The van der Waals surface area contributed by atoms with Crippen molar-refractivity contribution in [2.24, 2.45) is 5.73 Å². The number of nitrogen functional groups attached to an aromatic ring is 1. The topological polar surface area (TPSA) is 78.3 Å². The van der Waals surface area contributed by atoms with E-state index in [-0.39, 0.29) is 0 Å². The van der Waals surface area contributed by atoms with Crippen molar-refractivity contribution in [3.8, 4) is 5.75 Å². The lowest BCUT2D eigenvalue weighted by atomic mass is 10.2. The fourth-order valence-corrected chi connectivity index (χ4v) is 2.94. The van der Waals surface area contributed by atoms with Crippen LogP contribution >= 0.6 is 23.4 Å². The van der Waals surface area contributed by atoms with E-state index in [2.05, 4.69) is 0 Å². The molecule has 2 aromatic rings. The molecule has 0 radical (unpaired) electrons. The summed E-state index contributed by atoms with van der Waals surface area (Å²) in [6, 6.07) is 10.5. The standard InChI is InChI=1S/C14H13ClN2O2S/c1-19-9-2-4-10(5-3-9)20-13-11(14(17)18)6-8(16)7-12(13)15/h2-7H,16H2,1H3,(H2,17,18). The predicted octanol–water partition coefficient (Wildman–Crippen LogP) is 3.18. The lowest BCUT2D eigenvalue weighted by Crippen LogP contribution is -2.13. The summed E-state index contributed by atoms with van der Waals surface area (Å²) in [7, 11) is 1.60. The normalized spacial score (nSPS) is 10.3. The fourth-order valence-electron chi connectivity index (χ4n) is 1.66. The maximum Gasteiger partial charge on any atom is 0.249 e. The third-order valence-corrected chi connectivity index (χ3v) is 4.17. The first-order valence-corrected chi connectivity index (χ1v) is 6.91. The molecule has 20 heavy (non-hydrogen) atoms. The second-order valence-electron chi connectivity index (χ2n) is 4.02. The Balaban J connectivity index is 2.39. The number of halogens is 1. The van der Waals surface area contributed by atoms with Crippen molar-refractivity contribution in [3.63, 3.8) is 0 Å². The summed E-state index contributed by atoms with van der Waals surface area (Å²) in [5.41, 5.74) is 11.8. The van der Waals surface area contributed by atoms with Crippen molar-refractivity contribution >= 4 is 35.0 Å². The molecule has 0 atom stereocenters.